The molecule has 3 heterocycles. The van der Waals surface area contributed by atoms with Crippen molar-refractivity contribution in [2.75, 3.05) is 10.2 Å². The van der Waals surface area contributed by atoms with Gasteiger partial charge in [-0.2, -0.15) is 0 Å². The lowest BCUT2D eigenvalue weighted by molar-refractivity contribution is 0.632. The molecule has 0 unspecified atom stereocenters. The van der Waals surface area contributed by atoms with E-state index in [1.807, 2.05) is 0 Å². The van der Waals surface area contributed by atoms with Gasteiger partial charge in [-0.1, -0.05) is 183 Å². The molecule has 0 bridgehead atoms. The van der Waals surface area contributed by atoms with Gasteiger partial charge in [0.2, 0.25) is 0 Å². The monoisotopic (exact) mass is 857 g/mol. The molecule has 1 N–H and O–H groups in total. The molecule has 1 aromatic heterocycles. The molecule has 0 saturated heterocycles. The first-order valence-electron chi connectivity index (χ1n) is 23.6. The van der Waals surface area contributed by atoms with Crippen molar-refractivity contribution in [3.63, 3.8) is 0 Å². The molecule has 0 radical (unpaired) electrons. The maximum atomic E-state index is 4.01. The molecule has 0 fully saturated rings. The molecule has 2 aliphatic rings. The molecule has 2 aliphatic heterocycles. The first kappa shape index (κ1) is 39.3. The summed E-state index contributed by atoms with van der Waals surface area (Å²) in [6.45, 7) is 7.02. The number of nitrogens with zero attached hydrogens (tertiary/aromatic N) is 2. The Bertz CT molecular complexity index is 3630. The second-order valence-electron chi connectivity index (χ2n) is 19.0. The van der Waals surface area contributed by atoms with Crippen LogP contribution in [-0.4, -0.2) is 11.8 Å². The van der Waals surface area contributed by atoms with Crippen LogP contribution < -0.4 is 21.1 Å². The Labute approximate surface area is 392 Å². The zero-order chi connectivity index (χ0) is 44.8. The third-order valence-electron chi connectivity index (χ3n) is 14.7. The molecule has 13 rings (SSSR count). The van der Waals surface area contributed by atoms with E-state index in [0.717, 1.165) is 35.7 Å². The summed E-state index contributed by atoms with van der Waals surface area (Å²) in [6, 6.07) is 80.9. The highest BCUT2D eigenvalue weighted by atomic mass is 15.1. The number of aromatic nitrogens is 1. The van der Waals surface area contributed by atoms with Crippen molar-refractivity contribution in [3.8, 4) is 16.8 Å². The first-order chi connectivity index (χ1) is 32.9. The van der Waals surface area contributed by atoms with Crippen molar-refractivity contribution in [2.45, 2.75) is 32.1 Å². The van der Waals surface area contributed by atoms with Gasteiger partial charge < -0.3 is 14.8 Å². The van der Waals surface area contributed by atoms with Crippen molar-refractivity contribution in [1.29, 1.82) is 0 Å². The van der Waals surface area contributed by atoms with Crippen molar-refractivity contribution in [3.05, 3.63) is 252 Å². The lowest BCUT2D eigenvalue weighted by Crippen LogP contribution is -2.41. The summed E-state index contributed by atoms with van der Waals surface area (Å²) in [4.78, 5) is 2.36. The van der Waals surface area contributed by atoms with E-state index in [1.165, 1.54) is 93.7 Å². The highest BCUT2D eigenvalue weighted by Gasteiger charge is 2.41. The second kappa shape index (κ2) is 15.3. The molecule has 0 atom stereocenters. The number of fused-ring (bicyclic) bond motifs is 3. The van der Waals surface area contributed by atoms with Crippen molar-refractivity contribution in [1.82, 2.24) is 4.57 Å². The normalized spacial score (nSPS) is 13.1. The Kier molecular flexibility index (Phi) is 8.95. The summed E-state index contributed by atoms with van der Waals surface area (Å²) in [5, 5.41) is 9.30. The quantitative estimate of drug-likeness (QED) is 0.115. The summed E-state index contributed by atoms with van der Waals surface area (Å²) < 4.78 is 2.70. The van der Waals surface area contributed by atoms with Gasteiger partial charge in [0.1, 0.15) is 0 Å². The van der Waals surface area contributed by atoms with E-state index in [-0.39, 0.29) is 11.3 Å². The van der Waals surface area contributed by atoms with E-state index in [1.54, 1.807) is 0 Å². The number of anilines is 5. The number of hydrogen-bond acceptors (Lipinski definition) is 2. The summed E-state index contributed by atoms with van der Waals surface area (Å²) >= 11 is 0. The van der Waals surface area contributed by atoms with Crippen LogP contribution in [0, 0.1) is 6.92 Å². The molecule has 0 spiro atoms. The van der Waals surface area contributed by atoms with Gasteiger partial charge in [-0.15, -0.1) is 0 Å². The van der Waals surface area contributed by atoms with Crippen LogP contribution >= 0.6 is 0 Å². The average molecular weight is 858 g/mol. The van der Waals surface area contributed by atoms with Gasteiger partial charge in [0.05, 0.1) is 5.52 Å². The maximum Gasteiger partial charge on any atom is 0.198 e. The zero-order valence-electron chi connectivity index (χ0n) is 38.0. The van der Waals surface area contributed by atoms with E-state index in [0.29, 0.717) is 0 Å². The number of rotatable bonds is 9. The van der Waals surface area contributed by atoms with Gasteiger partial charge in [0, 0.05) is 67.3 Å². The van der Waals surface area contributed by atoms with Gasteiger partial charge >= 0.3 is 0 Å². The van der Waals surface area contributed by atoms with E-state index >= 15 is 0 Å². The van der Waals surface area contributed by atoms with Crippen LogP contribution in [-0.2, 0) is 5.41 Å². The Morgan fingerprint density at radius 3 is 1.82 bits per heavy atom. The second-order valence-corrected chi connectivity index (χ2v) is 19.0. The Morgan fingerprint density at radius 2 is 1.15 bits per heavy atom. The Balaban J connectivity index is 1.19. The fourth-order valence-electron chi connectivity index (χ4n) is 11.6. The van der Waals surface area contributed by atoms with Gasteiger partial charge in [-0.05, 0) is 117 Å². The highest BCUT2D eigenvalue weighted by molar-refractivity contribution is 6.73. The molecular weight excluding hydrogens is 810 g/mol. The average Bonchev–Trinajstić information content (AvgIpc) is 3.74. The third kappa shape index (κ3) is 6.13. The molecule has 0 aliphatic carbocycles. The van der Waals surface area contributed by atoms with Crippen molar-refractivity contribution >= 4 is 79.2 Å². The number of benzene rings is 10. The van der Waals surface area contributed by atoms with Crippen LogP contribution in [0.2, 0.25) is 0 Å². The van der Waals surface area contributed by atoms with Crippen LogP contribution in [0.5, 0.6) is 0 Å². The first-order valence-corrected chi connectivity index (χ1v) is 23.6. The van der Waals surface area contributed by atoms with Gasteiger partial charge in [0.25, 0.3) is 0 Å². The largest absolute Gasteiger partial charge is 0.355 e. The molecule has 67 heavy (non-hydrogen) atoms. The van der Waals surface area contributed by atoms with Gasteiger partial charge in [-0.25, -0.2) is 0 Å². The standard InChI is InChI=1S/C63H48BN3/c1-40-31-33-44(34-32-40)65-55-38-47(66(45-24-12-6-13-25-45)46-26-14-7-15-27-46)35-36-49(55)50-39-51(56(41-19-8-4-9-20-41)42-21-10-5-11-22-42)58-57-48-28-17-16-23-43(48)37-53-61(57)67-60-52(63(53,2)3)29-18-30-54(60)64-59(50)62(58)67/h4-39,56,64-65H,1-3H3. The molecule has 318 valence electrons. The number of hydrogen-bond donors (Lipinski definition) is 1. The number of para-hydroxylation sites is 3. The topological polar surface area (TPSA) is 20.2 Å². The minimum Gasteiger partial charge on any atom is -0.355 e. The van der Waals surface area contributed by atoms with Gasteiger partial charge in [-0.3, -0.25) is 0 Å². The minimum absolute atomic E-state index is 0.0403. The summed E-state index contributed by atoms with van der Waals surface area (Å²) in [7, 11) is 0.822. The summed E-state index contributed by atoms with van der Waals surface area (Å²) in [5.74, 6) is -0.0403. The highest BCUT2D eigenvalue weighted by Crippen LogP contribution is 2.53. The molecule has 10 aromatic carbocycles. The summed E-state index contributed by atoms with van der Waals surface area (Å²) in [6.07, 6.45) is 0. The van der Waals surface area contributed by atoms with Crippen LogP contribution in [0.4, 0.5) is 28.4 Å². The molecule has 0 saturated carbocycles. The van der Waals surface area contributed by atoms with Crippen molar-refractivity contribution in [2.24, 2.45) is 0 Å². The Morgan fingerprint density at radius 1 is 0.522 bits per heavy atom. The van der Waals surface area contributed by atoms with Crippen LogP contribution in [0.3, 0.4) is 0 Å². The summed E-state index contributed by atoms with van der Waals surface area (Å²) in [5.41, 5.74) is 22.2. The SMILES string of the molecule is Cc1ccc(Nc2cc(N(c3ccccc3)c3ccccc3)ccc2-c2cc(C(c3ccccc3)c3ccccc3)c3c4c5ccccc5cc5c4n4c3c2Bc2cccc(c2-4)C5(C)C)cc1. The molecule has 0 amide bonds. The Hall–Kier alpha value is -8.08. The maximum absolute atomic E-state index is 4.01. The lowest BCUT2D eigenvalue weighted by atomic mass is 9.57. The zero-order valence-corrected chi connectivity index (χ0v) is 38.0. The van der Waals surface area contributed by atoms with E-state index < -0.39 is 0 Å². The van der Waals surface area contributed by atoms with Crippen LogP contribution in [0.25, 0.3) is 49.4 Å². The van der Waals surface area contributed by atoms with Crippen LogP contribution in [0.1, 0.15) is 53.1 Å². The predicted molar refractivity (Wildman–Crippen MR) is 285 cm³/mol. The number of aryl methyl sites for hydroxylation is 1. The molecule has 11 aromatic rings. The van der Waals surface area contributed by atoms with E-state index in [4.69, 9.17) is 0 Å². The third-order valence-corrected chi connectivity index (χ3v) is 14.7. The van der Waals surface area contributed by atoms with E-state index in [9.17, 15) is 0 Å². The minimum atomic E-state index is -0.207. The van der Waals surface area contributed by atoms with Gasteiger partial charge in [0.15, 0.2) is 7.28 Å². The predicted octanol–water partition coefficient (Wildman–Crippen LogP) is 14.6. The van der Waals surface area contributed by atoms with E-state index in [2.05, 4.69) is 254 Å². The van der Waals surface area contributed by atoms with Crippen molar-refractivity contribution < 1.29 is 0 Å². The van der Waals surface area contributed by atoms with Crippen LogP contribution in [0.15, 0.2) is 218 Å². The smallest absolute Gasteiger partial charge is 0.198 e. The lowest BCUT2D eigenvalue weighted by Gasteiger charge is -2.38. The number of nitrogens with one attached hydrogen (secondary N) is 1. The molecule has 3 nitrogen and oxygen atoms in total. The fraction of sp³-hybridized carbons (Fsp3) is 0.0794. The molecular formula is C63H48BN3. The fourth-order valence-corrected chi connectivity index (χ4v) is 11.6. The molecule has 4 heteroatoms.